The van der Waals surface area contributed by atoms with E-state index in [2.05, 4.69) is 15.0 Å². The number of hydrogen-bond acceptors (Lipinski definition) is 4. The minimum absolute atomic E-state index is 0.145. The van der Waals surface area contributed by atoms with Gasteiger partial charge in [0.1, 0.15) is 13.1 Å². The minimum atomic E-state index is -0.300. The van der Waals surface area contributed by atoms with Crippen LogP contribution in [-0.2, 0) is 24.9 Å². The van der Waals surface area contributed by atoms with E-state index < -0.39 is 0 Å². The van der Waals surface area contributed by atoms with Crippen LogP contribution in [0.25, 0.3) is 21.8 Å². The van der Waals surface area contributed by atoms with E-state index in [0.717, 1.165) is 34.5 Å². The van der Waals surface area contributed by atoms with Crippen LogP contribution in [0.2, 0.25) is 0 Å². The maximum atomic E-state index is 12.7. The summed E-state index contributed by atoms with van der Waals surface area (Å²) in [5.41, 5.74) is 3.01. The van der Waals surface area contributed by atoms with Crippen molar-refractivity contribution in [2.45, 2.75) is 32.9 Å². The van der Waals surface area contributed by atoms with Crippen molar-refractivity contribution in [1.29, 1.82) is 0 Å². The average Bonchev–Trinajstić information content (AvgIpc) is 3.40. The highest BCUT2D eigenvalue weighted by molar-refractivity contribution is 5.93. The zero-order chi connectivity index (χ0) is 22.2. The highest BCUT2D eigenvalue weighted by Crippen LogP contribution is 2.20. The number of anilines is 1. The summed E-state index contributed by atoms with van der Waals surface area (Å²) in [5.74, 6) is 0.758. The second-order valence-electron chi connectivity index (χ2n) is 8.57. The highest BCUT2D eigenvalue weighted by atomic mass is 16.2. The van der Waals surface area contributed by atoms with Gasteiger partial charge >= 0.3 is 0 Å². The first-order valence-electron chi connectivity index (χ1n) is 11.0. The van der Waals surface area contributed by atoms with Gasteiger partial charge in [0, 0.05) is 31.0 Å². The molecule has 0 aliphatic carbocycles. The minimum Gasteiger partial charge on any atom is -0.329 e. The molecule has 1 amide bonds. The van der Waals surface area contributed by atoms with E-state index in [1.54, 1.807) is 11.0 Å². The molecule has 0 saturated carbocycles. The van der Waals surface area contributed by atoms with Gasteiger partial charge in [-0.2, -0.15) is 5.10 Å². The third kappa shape index (κ3) is 3.78. The summed E-state index contributed by atoms with van der Waals surface area (Å²) < 4.78 is 3.36. The molecule has 0 atom stereocenters. The lowest BCUT2D eigenvalue weighted by atomic mass is 10.1. The third-order valence-corrected chi connectivity index (χ3v) is 6.32. The van der Waals surface area contributed by atoms with E-state index in [9.17, 15) is 9.59 Å². The monoisotopic (exact) mass is 431 g/mol. The Hall–Kier alpha value is -3.52. The number of rotatable bonds is 5. The molecule has 0 radical (unpaired) electrons. The fourth-order valence-corrected chi connectivity index (χ4v) is 4.61. The maximum absolute atomic E-state index is 12.7. The molecule has 4 aromatic rings. The zero-order valence-electron chi connectivity index (χ0n) is 18.4. The number of nitrogens with one attached hydrogen (secondary N) is 2. The van der Waals surface area contributed by atoms with Crippen molar-refractivity contribution in [1.82, 2.24) is 19.3 Å². The zero-order valence-corrected chi connectivity index (χ0v) is 18.4. The summed E-state index contributed by atoms with van der Waals surface area (Å²) in [6, 6.07) is 13.1. The lowest BCUT2D eigenvalue weighted by Crippen LogP contribution is -3.08. The van der Waals surface area contributed by atoms with Gasteiger partial charge in [0.25, 0.3) is 5.56 Å². The molecule has 0 spiro atoms. The first-order chi connectivity index (χ1) is 15.5. The Kier molecular flexibility index (Phi) is 5.22. The summed E-state index contributed by atoms with van der Waals surface area (Å²) >= 11 is 0. The molecule has 2 N–H and O–H groups in total. The lowest BCUT2D eigenvalue weighted by molar-refractivity contribution is -0.902. The van der Waals surface area contributed by atoms with Crippen LogP contribution in [0.3, 0.4) is 0 Å². The molecule has 1 aliphatic heterocycles. The van der Waals surface area contributed by atoms with Gasteiger partial charge in [-0.15, -0.1) is 0 Å². The van der Waals surface area contributed by atoms with Crippen LogP contribution < -0.4 is 15.8 Å². The number of fused-ring (bicyclic) bond motifs is 2. The van der Waals surface area contributed by atoms with Crippen molar-refractivity contribution in [2.24, 2.45) is 7.05 Å². The Balaban J connectivity index is 1.35. The van der Waals surface area contributed by atoms with E-state index >= 15 is 0 Å². The summed E-state index contributed by atoms with van der Waals surface area (Å²) in [7, 11) is 2.04. The SMILES string of the molecule is Cc1nn(CC(=O)Nc2ccc3c(c2)nc(C[NH+]2CCCC2)n3C)c(=O)c2ccccc12. The second-order valence-corrected chi connectivity index (χ2v) is 8.57. The second kappa shape index (κ2) is 8.20. The van der Waals surface area contributed by atoms with Crippen molar-refractivity contribution in [3.8, 4) is 0 Å². The molecule has 8 heteroatoms. The quantitative estimate of drug-likeness (QED) is 0.500. The van der Waals surface area contributed by atoms with E-state index in [4.69, 9.17) is 4.98 Å². The molecule has 1 fully saturated rings. The van der Waals surface area contributed by atoms with Gasteiger partial charge in [-0.1, -0.05) is 18.2 Å². The summed E-state index contributed by atoms with van der Waals surface area (Å²) in [6.45, 7) is 5.02. The van der Waals surface area contributed by atoms with E-state index in [-0.39, 0.29) is 18.0 Å². The number of likely N-dealkylation sites (tertiary alicyclic amines) is 1. The van der Waals surface area contributed by atoms with Crippen molar-refractivity contribution >= 4 is 33.4 Å². The molecule has 3 heterocycles. The smallest absolute Gasteiger partial charge is 0.275 e. The van der Waals surface area contributed by atoms with Crippen LogP contribution in [0.4, 0.5) is 5.69 Å². The number of carbonyl (C=O) groups is 1. The van der Waals surface area contributed by atoms with Crippen molar-refractivity contribution in [3.63, 3.8) is 0 Å². The molecule has 1 aliphatic rings. The van der Waals surface area contributed by atoms with Gasteiger partial charge in [-0.3, -0.25) is 9.59 Å². The molecule has 0 bridgehead atoms. The van der Waals surface area contributed by atoms with Crippen LogP contribution in [-0.4, -0.2) is 38.3 Å². The standard InChI is InChI=1S/C24H26N6O2/c1-16-18-7-3-4-8-19(18)24(32)30(27-16)15-23(31)25-17-9-10-21-20(13-17)26-22(28(21)2)14-29-11-5-6-12-29/h3-4,7-10,13H,5-6,11-12,14-15H2,1-2H3,(H,25,31)/p+1. The Morgan fingerprint density at radius 2 is 1.88 bits per heavy atom. The van der Waals surface area contributed by atoms with Crippen LogP contribution in [0.15, 0.2) is 47.3 Å². The van der Waals surface area contributed by atoms with Crippen LogP contribution in [0.1, 0.15) is 24.4 Å². The largest absolute Gasteiger partial charge is 0.329 e. The van der Waals surface area contributed by atoms with E-state index in [0.29, 0.717) is 11.1 Å². The van der Waals surface area contributed by atoms with Gasteiger partial charge < -0.3 is 14.8 Å². The Labute approximate surface area is 185 Å². The number of aromatic nitrogens is 4. The number of carbonyl (C=O) groups excluding carboxylic acids is 1. The molecular formula is C24H27N6O2+. The van der Waals surface area contributed by atoms with Crippen LogP contribution in [0, 0.1) is 6.92 Å². The lowest BCUT2D eigenvalue weighted by Gasteiger charge is -2.11. The van der Waals surface area contributed by atoms with Crippen molar-refractivity contribution < 1.29 is 9.69 Å². The molecule has 164 valence electrons. The fourth-order valence-electron chi connectivity index (χ4n) is 4.61. The predicted octanol–water partition coefficient (Wildman–Crippen LogP) is 1.41. The molecule has 5 rings (SSSR count). The highest BCUT2D eigenvalue weighted by Gasteiger charge is 2.19. The number of quaternary nitrogens is 1. The first-order valence-corrected chi connectivity index (χ1v) is 11.0. The van der Waals surface area contributed by atoms with Gasteiger partial charge in [-0.25, -0.2) is 9.67 Å². The van der Waals surface area contributed by atoms with Crippen molar-refractivity contribution in [3.05, 3.63) is 64.3 Å². The van der Waals surface area contributed by atoms with Crippen molar-refractivity contribution in [2.75, 3.05) is 18.4 Å². The third-order valence-electron chi connectivity index (χ3n) is 6.32. The summed E-state index contributed by atoms with van der Waals surface area (Å²) in [5, 5.41) is 8.58. The van der Waals surface area contributed by atoms with Gasteiger partial charge in [0.05, 0.1) is 35.2 Å². The fraction of sp³-hybridized carbons (Fsp3) is 0.333. The Morgan fingerprint density at radius 1 is 1.12 bits per heavy atom. The normalized spacial score (nSPS) is 14.4. The topological polar surface area (TPSA) is 86.2 Å². The molecule has 8 nitrogen and oxygen atoms in total. The molecule has 2 aromatic carbocycles. The average molecular weight is 432 g/mol. The number of imidazole rings is 1. The van der Waals surface area contributed by atoms with E-state index in [1.165, 1.54) is 30.6 Å². The molecule has 2 aromatic heterocycles. The molecular weight excluding hydrogens is 404 g/mol. The molecule has 32 heavy (non-hydrogen) atoms. The van der Waals surface area contributed by atoms with Gasteiger partial charge in [0.15, 0.2) is 5.82 Å². The van der Waals surface area contributed by atoms with Crippen LogP contribution in [0.5, 0.6) is 0 Å². The number of benzene rings is 2. The molecule has 0 unspecified atom stereocenters. The van der Waals surface area contributed by atoms with Crippen LogP contribution >= 0.6 is 0 Å². The number of nitrogens with zero attached hydrogens (tertiary/aromatic N) is 4. The number of aryl methyl sites for hydroxylation is 2. The van der Waals surface area contributed by atoms with Gasteiger partial charge in [-0.05, 0) is 31.2 Å². The molecule has 1 saturated heterocycles. The predicted molar refractivity (Wildman–Crippen MR) is 124 cm³/mol. The van der Waals surface area contributed by atoms with Gasteiger partial charge in [0.2, 0.25) is 5.91 Å². The summed E-state index contributed by atoms with van der Waals surface area (Å²) in [6.07, 6.45) is 2.56. The first kappa shape index (κ1) is 20.4. The maximum Gasteiger partial charge on any atom is 0.275 e. The Morgan fingerprint density at radius 3 is 2.66 bits per heavy atom. The number of hydrogen-bond donors (Lipinski definition) is 2. The van der Waals surface area contributed by atoms with E-state index in [1.807, 2.05) is 50.4 Å². The summed E-state index contributed by atoms with van der Waals surface area (Å²) in [4.78, 5) is 31.8. The Bertz CT molecular complexity index is 1380. The number of amides is 1.